The fourth-order valence-electron chi connectivity index (χ4n) is 4.79. The minimum atomic E-state index is -0.699. The Hall–Kier alpha value is -2.68. The number of benzene rings is 2. The van der Waals surface area contributed by atoms with Crippen molar-refractivity contribution >= 4 is 5.91 Å². The first-order valence-corrected chi connectivity index (χ1v) is 11.1. The Morgan fingerprint density at radius 3 is 2.03 bits per heavy atom. The summed E-state index contributed by atoms with van der Waals surface area (Å²) in [5, 5.41) is 12.5. The second kappa shape index (κ2) is 8.99. The normalized spacial score (nSPS) is 23.4. The molecule has 1 heterocycles. The third kappa shape index (κ3) is 4.72. The molecule has 1 amide bonds. The van der Waals surface area contributed by atoms with Crippen molar-refractivity contribution in [3.63, 3.8) is 0 Å². The quantitative estimate of drug-likeness (QED) is 0.624. The van der Waals surface area contributed by atoms with Gasteiger partial charge in [0.1, 0.15) is 37.8 Å². The zero-order valence-electron chi connectivity index (χ0n) is 17.7. The van der Waals surface area contributed by atoms with Crippen LogP contribution in [0.2, 0.25) is 0 Å². The largest absolute Gasteiger partial charge is 0.333 e. The molecule has 1 atom stereocenters. The highest BCUT2D eigenvalue weighted by molar-refractivity contribution is 5.78. The van der Waals surface area contributed by atoms with E-state index in [0.29, 0.717) is 18.5 Å². The number of carbonyl (C=O) groups is 1. The van der Waals surface area contributed by atoms with Gasteiger partial charge >= 0.3 is 0 Å². The fraction of sp³-hybridized carbons (Fsp3) is 0.440. The molecule has 30 heavy (non-hydrogen) atoms. The van der Waals surface area contributed by atoms with Crippen molar-refractivity contribution in [3.8, 4) is 6.07 Å². The lowest BCUT2D eigenvalue weighted by atomic mass is 9.96. The Kier molecular flexibility index (Phi) is 6.17. The predicted molar refractivity (Wildman–Crippen MR) is 116 cm³/mol. The molecule has 2 aromatic rings. The van der Waals surface area contributed by atoms with Gasteiger partial charge in [-0.1, -0.05) is 60.7 Å². The topological polar surface area (TPSA) is 61.8 Å². The number of piperazine rings is 1. The van der Waals surface area contributed by atoms with E-state index in [1.54, 1.807) is 4.90 Å². The summed E-state index contributed by atoms with van der Waals surface area (Å²) in [5.41, 5.74) is 1.98. The molecule has 1 saturated heterocycles. The van der Waals surface area contributed by atoms with Gasteiger partial charge in [-0.3, -0.25) is 4.79 Å². The second-order valence-electron chi connectivity index (χ2n) is 8.98. The molecule has 1 saturated carbocycles. The maximum absolute atomic E-state index is 12.6. The van der Waals surface area contributed by atoms with Gasteiger partial charge in [0.25, 0.3) is 5.91 Å². The van der Waals surface area contributed by atoms with Gasteiger partial charge in [0.05, 0.1) is 6.07 Å². The second-order valence-corrected chi connectivity index (χ2v) is 8.98. The Morgan fingerprint density at radius 2 is 1.57 bits per heavy atom. The van der Waals surface area contributed by atoms with Crippen LogP contribution < -0.4 is 15.1 Å². The number of nitrogens with zero attached hydrogens (tertiary/aromatic N) is 1. The van der Waals surface area contributed by atoms with E-state index in [-0.39, 0.29) is 5.91 Å². The molecule has 4 rings (SSSR count). The molecule has 3 N–H and O–H groups in total. The van der Waals surface area contributed by atoms with Crippen molar-refractivity contribution < 1.29 is 14.6 Å². The summed E-state index contributed by atoms with van der Waals surface area (Å²) in [7, 11) is 0. The molecule has 0 unspecified atom stereocenters. The number of rotatable bonds is 7. The van der Waals surface area contributed by atoms with Crippen LogP contribution >= 0.6 is 0 Å². The molecule has 0 aromatic heterocycles. The van der Waals surface area contributed by atoms with E-state index < -0.39 is 5.54 Å². The molecule has 0 radical (unpaired) electrons. The summed E-state index contributed by atoms with van der Waals surface area (Å²) in [4.78, 5) is 15.5. The molecule has 0 spiro atoms. The van der Waals surface area contributed by atoms with Gasteiger partial charge in [-0.15, -0.1) is 0 Å². The molecule has 156 valence electrons. The summed E-state index contributed by atoms with van der Waals surface area (Å²) in [5.74, 6) is 0.326. The highest BCUT2D eigenvalue weighted by atomic mass is 16.2. The van der Waals surface area contributed by atoms with Crippen LogP contribution in [-0.4, -0.2) is 44.2 Å². The van der Waals surface area contributed by atoms with Crippen LogP contribution in [-0.2, 0) is 4.79 Å². The molecule has 1 aliphatic heterocycles. The van der Waals surface area contributed by atoms with Crippen LogP contribution in [0.4, 0.5) is 0 Å². The molecule has 2 aliphatic rings. The van der Waals surface area contributed by atoms with Gasteiger partial charge in [0.2, 0.25) is 0 Å². The molecule has 2 fully saturated rings. The summed E-state index contributed by atoms with van der Waals surface area (Å²) in [6.45, 7) is 6.30. The maximum atomic E-state index is 12.6. The number of quaternary nitrogens is 2. The number of carbonyl (C=O) groups excluding carboxylic acids is 1. The van der Waals surface area contributed by atoms with E-state index in [4.69, 9.17) is 0 Å². The third-order valence-electron chi connectivity index (χ3n) is 6.71. The standard InChI is InChI=1S/C25H30N4O/c1-25(19-26,22-12-13-22)27-23(30)18-28-14-16-29(17-15-28)24(20-8-4-2-5-9-20)21-10-6-3-7-11-21/h2-11,22,24H,12-18H2,1H3,(H,27,30)/p+2/t25-/m0/s1. The van der Waals surface area contributed by atoms with Gasteiger partial charge in [-0.05, 0) is 25.7 Å². The molecule has 5 heteroatoms. The van der Waals surface area contributed by atoms with Gasteiger partial charge < -0.3 is 15.1 Å². The van der Waals surface area contributed by atoms with E-state index in [0.717, 1.165) is 39.0 Å². The highest BCUT2D eigenvalue weighted by Gasteiger charge is 2.43. The van der Waals surface area contributed by atoms with E-state index in [1.807, 2.05) is 6.92 Å². The van der Waals surface area contributed by atoms with Crippen molar-refractivity contribution in [3.05, 3.63) is 71.8 Å². The first-order valence-electron chi connectivity index (χ1n) is 11.1. The van der Waals surface area contributed by atoms with E-state index >= 15 is 0 Å². The number of nitrogens with one attached hydrogen (secondary N) is 3. The van der Waals surface area contributed by atoms with Gasteiger partial charge in [0.15, 0.2) is 6.54 Å². The zero-order valence-corrected chi connectivity index (χ0v) is 17.7. The van der Waals surface area contributed by atoms with Gasteiger partial charge in [-0.25, -0.2) is 0 Å². The van der Waals surface area contributed by atoms with Crippen LogP contribution in [0.15, 0.2) is 60.7 Å². The monoisotopic (exact) mass is 404 g/mol. The van der Waals surface area contributed by atoms with Crippen molar-refractivity contribution in [2.24, 2.45) is 5.92 Å². The molecular weight excluding hydrogens is 372 g/mol. The lowest BCUT2D eigenvalue weighted by Crippen LogP contribution is -3.28. The van der Waals surface area contributed by atoms with Crippen LogP contribution in [0, 0.1) is 17.2 Å². The smallest absolute Gasteiger partial charge is 0.276 e. The van der Waals surface area contributed by atoms with Crippen molar-refractivity contribution in [2.45, 2.75) is 31.3 Å². The minimum Gasteiger partial charge on any atom is -0.333 e. The first-order chi connectivity index (χ1) is 14.6. The average molecular weight is 405 g/mol. The van der Waals surface area contributed by atoms with Crippen molar-refractivity contribution in [1.29, 1.82) is 5.26 Å². The van der Waals surface area contributed by atoms with E-state index in [9.17, 15) is 10.1 Å². The first kappa shape index (κ1) is 20.6. The number of hydrogen-bond donors (Lipinski definition) is 3. The Labute approximate surface area is 179 Å². The van der Waals surface area contributed by atoms with Crippen LogP contribution in [0.25, 0.3) is 0 Å². The SMILES string of the molecule is C[C@@](C#N)(NC(=O)C[NH+]1CC[NH+](C(c2ccccc2)c2ccccc2)CC1)C1CC1. The maximum Gasteiger partial charge on any atom is 0.276 e. The summed E-state index contributed by atoms with van der Waals surface area (Å²) < 4.78 is 0. The highest BCUT2D eigenvalue weighted by Crippen LogP contribution is 2.39. The summed E-state index contributed by atoms with van der Waals surface area (Å²) in [6, 6.07) is 24.1. The lowest BCUT2D eigenvalue weighted by molar-refractivity contribution is -1.02. The van der Waals surface area contributed by atoms with Crippen LogP contribution in [0.1, 0.15) is 36.9 Å². The molecular formula is C25H32N4O+2. The van der Waals surface area contributed by atoms with Crippen molar-refractivity contribution in [2.75, 3.05) is 32.7 Å². The van der Waals surface area contributed by atoms with Gasteiger partial charge in [-0.2, -0.15) is 5.26 Å². The predicted octanol–water partition coefficient (Wildman–Crippen LogP) is 0.368. The number of nitriles is 1. The van der Waals surface area contributed by atoms with E-state index in [2.05, 4.69) is 72.0 Å². The number of amides is 1. The Balaban J connectivity index is 1.38. The van der Waals surface area contributed by atoms with Gasteiger partial charge in [0, 0.05) is 11.1 Å². The average Bonchev–Trinajstić information content (AvgIpc) is 3.63. The van der Waals surface area contributed by atoms with Crippen LogP contribution in [0.5, 0.6) is 0 Å². The third-order valence-corrected chi connectivity index (χ3v) is 6.71. The molecule has 2 aromatic carbocycles. The molecule has 0 bridgehead atoms. The molecule has 1 aliphatic carbocycles. The Bertz CT molecular complexity index is 843. The van der Waals surface area contributed by atoms with E-state index in [1.165, 1.54) is 16.0 Å². The Morgan fingerprint density at radius 1 is 1.03 bits per heavy atom. The molecule has 5 nitrogen and oxygen atoms in total. The van der Waals surface area contributed by atoms with Crippen molar-refractivity contribution in [1.82, 2.24) is 5.32 Å². The summed E-state index contributed by atoms with van der Waals surface area (Å²) >= 11 is 0. The zero-order chi connectivity index (χ0) is 21.0. The summed E-state index contributed by atoms with van der Waals surface area (Å²) in [6.07, 6.45) is 2.08. The fourth-order valence-corrected chi connectivity index (χ4v) is 4.79. The van der Waals surface area contributed by atoms with Crippen LogP contribution in [0.3, 0.4) is 0 Å². The number of hydrogen-bond acceptors (Lipinski definition) is 2. The minimum absolute atomic E-state index is 0.00655. The lowest BCUT2D eigenvalue weighted by Gasteiger charge is -2.35.